The van der Waals surface area contributed by atoms with E-state index in [-0.39, 0.29) is 18.4 Å². The van der Waals surface area contributed by atoms with Gasteiger partial charge in [-0.3, -0.25) is 14.5 Å². The minimum absolute atomic E-state index is 0.207. The first-order valence-electron chi connectivity index (χ1n) is 7.90. The quantitative estimate of drug-likeness (QED) is 0.834. The molecule has 114 valence electrons. The van der Waals surface area contributed by atoms with Gasteiger partial charge in [-0.25, -0.2) is 0 Å². The lowest BCUT2D eigenvalue weighted by Gasteiger charge is -2.37. The number of hydrogen-bond donors (Lipinski definition) is 1. The number of piperidine rings is 2. The summed E-state index contributed by atoms with van der Waals surface area (Å²) in [7, 11) is 0. The van der Waals surface area contributed by atoms with Crippen molar-refractivity contribution in [2.24, 2.45) is 0 Å². The Labute approximate surface area is 120 Å². The number of hydrogen-bond acceptors (Lipinski definition) is 3. The molecule has 0 aliphatic carbocycles. The van der Waals surface area contributed by atoms with Gasteiger partial charge in [-0.05, 0) is 45.1 Å². The van der Waals surface area contributed by atoms with Crippen molar-refractivity contribution in [2.75, 3.05) is 26.2 Å². The zero-order chi connectivity index (χ0) is 14.4. The molecule has 0 aromatic carbocycles. The molecule has 2 rings (SSSR count). The highest BCUT2D eigenvalue weighted by atomic mass is 16.4. The van der Waals surface area contributed by atoms with E-state index in [4.69, 9.17) is 5.11 Å². The third-order valence-corrected chi connectivity index (χ3v) is 4.49. The number of amides is 1. The van der Waals surface area contributed by atoms with Crippen molar-refractivity contribution in [3.05, 3.63) is 0 Å². The maximum atomic E-state index is 12.3. The Kier molecular flexibility index (Phi) is 5.83. The molecular weight excluding hydrogens is 256 g/mol. The Morgan fingerprint density at radius 2 is 1.70 bits per heavy atom. The topological polar surface area (TPSA) is 60.9 Å². The van der Waals surface area contributed by atoms with Gasteiger partial charge in [0.15, 0.2) is 0 Å². The number of likely N-dealkylation sites (tertiary alicyclic amines) is 2. The first-order valence-corrected chi connectivity index (χ1v) is 7.90. The van der Waals surface area contributed by atoms with Crippen LogP contribution in [0.3, 0.4) is 0 Å². The minimum atomic E-state index is -0.738. The second-order valence-corrected chi connectivity index (χ2v) is 5.99. The summed E-state index contributed by atoms with van der Waals surface area (Å²) in [6.07, 6.45) is 7.65. The van der Waals surface area contributed by atoms with Gasteiger partial charge in [0.25, 0.3) is 0 Å². The molecule has 2 heterocycles. The third-order valence-electron chi connectivity index (χ3n) is 4.49. The van der Waals surface area contributed by atoms with E-state index in [0.717, 1.165) is 51.7 Å². The van der Waals surface area contributed by atoms with Gasteiger partial charge < -0.3 is 10.0 Å². The molecule has 1 atom stereocenters. The van der Waals surface area contributed by atoms with Gasteiger partial charge in [-0.2, -0.15) is 0 Å². The number of carbonyl (C=O) groups excluding carboxylic acids is 1. The summed E-state index contributed by atoms with van der Waals surface area (Å²) in [6.45, 7) is 3.20. The van der Waals surface area contributed by atoms with E-state index in [1.165, 1.54) is 6.42 Å². The Bertz CT molecular complexity index is 340. The van der Waals surface area contributed by atoms with Crippen molar-refractivity contribution >= 4 is 11.9 Å². The highest BCUT2D eigenvalue weighted by Crippen LogP contribution is 2.21. The molecule has 0 radical (unpaired) electrons. The molecule has 5 heteroatoms. The summed E-state index contributed by atoms with van der Waals surface area (Å²) in [5.41, 5.74) is 0. The number of aliphatic carboxylic acids is 1. The van der Waals surface area contributed by atoms with Gasteiger partial charge in [-0.1, -0.05) is 6.42 Å². The standard InChI is InChI=1S/C15H26N2O3/c18-14(16-9-3-1-4-10-16)12-17-11-5-2-6-13(17)7-8-15(19)20/h13H,1-12H2,(H,19,20). The van der Waals surface area contributed by atoms with Crippen LogP contribution in [0.2, 0.25) is 0 Å². The van der Waals surface area contributed by atoms with Gasteiger partial charge in [0.1, 0.15) is 0 Å². The SMILES string of the molecule is O=C(O)CCC1CCCCN1CC(=O)N1CCCCC1. The van der Waals surface area contributed by atoms with Crippen LogP contribution in [0, 0.1) is 0 Å². The highest BCUT2D eigenvalue weighted by Gasteiger charge is 2.26. The van der Waals surface area contributed by atoms with Crippen LogP contribution in [-0.4, -0.2) is 59.0 Å². The summed E-state index contributed by atoms with van der Waals surface area (Å²) in [5, 5.41) is 8.82. The van der Waals surface area contributed by atoms with E-state index < -0.39 is 5.97 Å². The summed E-state index contributed by atoms with van der Waals surface area (Å²) >= 11 is 0. The van der Waals surface area contributed by atoms with E-state index in [1.807, 2.05) is 4.90 Å². The monoisotopic (exact) mass is 282 g/mol. The van der Waals surface area contributed by atoms with E-state index in [0.29, 0.717) is 13.0 Å². The number of carboxylic acids is 1. The fourth-order valence-corrected chi connectivity index (χ4v) is 3.30. The Balaban J connectivity index is 1.83. The van der Waals surface area contributed by atoms with Crippen LogP contribution in [-0.2, 0) is 9.59 Å². The summed E-state index contributed by atoms with van der Waals surface area (Å²) in [4.78, 5) is 27.2. The minimum Gasteiger partial charge on any atom is -0.481 e. The molecule has 1 unspecified atom stereocenters. The lowest BCUT2D eigenvalue weighted by molar-refractivity contribution is -0.137. The van der Waals surface area contributed by atoms with Crippen molar-refractivity contribution in [3.63, 3.8) is 0 Å². The molecular formula is C15H26N2O3. The second-order valence-electron chi connectivity index (χ2n) is 5.99. The summed E-state index contributed by atoms with van der Waals surface area (Å²) in [6, 6.07) is 0.272. The van der Waals surface area contributed by atoms with Crippen molar-refractivity contribution in [1.29, 1.82) is 0 Å². The van der Waals surface area contributed by atoms with E-state index >= 15 is 0 Å². The van der Waals surface area contributed by atoms with E-state index in [1.54, 1.807) is 0 Å². The molecule has 1 N–H and O–H groups in total. The lowest BCUT2D eigenvalue weighted by atomic mass is 9.98. The Morgan fingerprint density at radius 1 is 1.00 bits per heavy atom. The van der Waals surface area contributed by atoms with Crippen LogP contribution in [0.15, 0.2) is 0 Å². The van der Waals surface area contributed by atoms with E-state index in [9.17, 15) is 9.59 Å². The second kappa shape index (κ2) is 7.62. The zero-order valence-corrected chi connectivity index (χ0v) is 12.2. The first-order chi connectivity index (χ1) is 9.66. The predicted octanol–water partition coefficient (Wildman–Crippen LogP) is 1.72. The number of rotatable bonds is 5. The third kappa shape index (κ3) is 4.47. The molecule has 0 aromatic heterocycles. The normalized spacial score (nSPS) is 24.6. The molecule has 5 nitrogen and oxygen atoms in total. The van der Waals surface area contributed by atoms with Crippen LogP contribution >= 0.6 is 0 Å². The Hall–Kier alpha value is -1.10. The Morgan fingerprint density at radius 3 is 2.40 bits per heavy atom. The average molecular weight is 282 g/mol. The van der Waals surface area contributed by atoms with Gasteiger partial charge in [0, 0.05) is 25.6 Å². The maximum absolute atomic E-state index is 12.3. The number of carboxylic acid groups (broad SMARTS) is 1. The molecule has 0 saturated carbocycles. The molecule has 0 bridgehead atoms. The van der Waals surface area contributed by atoms with Crippen molar-refractivity contribution in [2.45, 2.75) is 57.4 Å². The number of nitrogens with zero attached hydrogens (tertiary/aromatic N) is 2. The molecule has 2 aliphatic rings. The van der Waals surface area contributed by atoms with Crippen molar-refractivity contribution in [1.82, 2.24) is 9.80 Å². The first kappa shape index (κ1) is 15.3. The summed E-state index contributed by atoms with van der Waals surface area (Å²) < 4.78 is 0. The molecule has 20 heavy (non-hydrogen) atoms. The smallest absolute Gasteiger partial charge is 0.303 e. The van der Waals surface area contributed by atoms with Crippen molar-refractivity contribution in [3.8, 4) is 0 Å². The van der Waals surface area contributed by atoms with Crippen LogP contribution in [0.5, 0.6) is 0 Å². The van der Waals surface area contributed by atoms with Crippen LogP contribution < -0.4 is 0 Å². The van der Waals surface area contributed by atoms with Crippen LogP contribution in [0.1, 0.15) is 51.4 Å². The van der Waals surface area contributed by atoms with Gasteiger partial charge in [0.2, 0.25) is 5.91 Å². The van der Waals surface area contributed by atoms with Gasteiger partial charge >= 0.3 is 5.97 Å². The fourth-order valence-electron chi connectivity index (χ4n) is 3.30. The van der Waals surface area contributed by atoms with Gasteiger partial charge in [0.05, 0.1) is 6.54 Å². The average Bonchev–Trinajstić information content (AvgIpc) is 2.47. The maximum Gasteiger partial charge on any atom is 0.303 e. The van der Waals surface area contributed by atoms with E-state index in [2.05, 4.69) is 4.90 Å². The molecule has 0 spiro atoms. The lowest BCUT2D eigenvalue weighted by Crippen LogP contribution is -2.48. The highest BCUT2D eigenvalue weighted by molar-refractivity contribution is 5.78. The largest absolute Gasteiger partial charge is 0.481 e. The van der Waals surface area contributed by atoms with Crippen LogP contribution in [0.4, 0.5) is 0 Å². The zero-order valence-electron chi connectivity index (χ0n) is 12.2. The van der Waals surface area contributed by atoms with Crippen LogP contribution in [0.25, 0.3) is 0 Å². The molecule has 1 amide bonds. The molecule has 2 aliphatic heterocycles. The molecule has 2 fully saturated rings. The molecule has 2 saturated heterocycles. The predicted molar refractivity (Wildman–Crippen MR) is 76.5 cm³/mol. The molecule has 0 aromatic rings. The van der Waals surface area contributed by atoms with Crippen molar-refractivity contribution < 1.29 is 14.7 Å². The number of carbonyl (C=O) groups is 2. The van der Waals surface area contributed by atoms with Gasteiger partial charge in [-0.15, -0.1) is 0 Å². The summed E-state index contributed by atoms with van der Waals surface area (Å²) in [5.74, 6) is -0.509. The fraction of sp³-hybridized carbons (Fsp3) is 0.867.